The molecule has 2 aromatic heterocycles. The Kier molecular flexibility index (Phi) is 2.61. The summed E-state index contributed by atoms with van der Waals surface area (Å²) in [6.07, 6.45) is 1.74. The van der Waals surface area contributed by atoms with Crippen LogP contribution in [0.4, 0.5) is 0 Å². The van der Waals surface area contributed by atoms with Crippen molar-refractivity contribution in [3.63, 3.8) is 0 Å². The maximum atomic E-state index is 9.03. The van der Waals surface area contributed by atoms with E-state index in [0.29, 0.717) is 5.01 Å². The van der Waals surface area contributed by atoms with Crippen molar-refractivity contribution in [1.29, 1.82) is 0 Å². The topological polar surface area (TPSA) is 63.8 Å². The third kappa shape index (κ3) is 1.70. The molecule has 92 valence electrons. The number of nitrogens with zero attached hydrogens (tertiary/aromatic N) is 4. The maximum absolute atomic E-state index is 9.03. The van der Waals surface area contributed by atoms with E-state index in [1.165, 1.54) is 22.5 Å². The fourth-order valence-corrected chi connectivity index (χ4v) is 2.51. The van der Waals surface area contributed by atoms with Crippen molar-refractivity contribution in [3.8, 4) is 5.13 Å². The number of hydrogen-bond donors (Lipinski definition) is 1. The molecule has 0 amide bonds. The maximum Gasteiger partial charge on any atom is 0.218 e. The van der Waals surface area contributed by atoms with Crippen LogP contribution in [0.5, 0.6) is 0 Å². The molecule has 0 aliphatic carbocycles. The molecule has 0 aliphatic heterocycles. The van der Waals surface area contributed by atoms with Gasteiger partial charge in [-0.3, -0.25) is 4.57 Å². The van der Waals surface area contributed by atoms with Crippen LogP contribution in [0, 0.1) is 13.8 Å². The highest BCUT2D eigenvalue weighted by Gasteiger charge is 2.10. The molecule has 0 unspecified atom stereocenters. The smallest absolute Gasteiger partial charge is 0.218 e. The molecule has 0 spiro atoms. The van der Waals surface area contributed by atoms with E-state index in [4.69, 9.17) is 5.11 Å². The number of imidazole rings is 1. The molecule has 18 heavy (non-hydrogen) atoms. The Morgan fingerprint density at radius 2 is 2.00 bits per heavy atom. The number of aliphatic hydroxyl groups excluding tert-OH is 1. The number of rotatable bonds is 2. The summed E-state index contributed by atoms with van der Waals surface area (Å²) in [5.41, 5.74) is 4.40. The molecule has 0 bridgehead atoms. The van der Waals surface area contributed by atoms with Gasteiger partial charge in [0.15, 0.2) is 0 Å². The predicted octanol–water partition coefficient (Wildman–Crippen LogP) is 1.99. The average Bonchev–Trinajstić information content (AvgIpc) is 2.96. The van der Waals surface area contributed by atoms with Gasteiger partial charge in [-0.2, -0.15) is 0 Å². The largest absolute Gasteiger partial charge is 0.389 e. The zero-order chi connectivity index (χ0) is 12.7. The van der Waals surface area contributed by atoms with Crippen LogP contribution in [0.25, 0.3) is 16.2 Å². The van der Waals surface area contributed by atoms with Crippen LogP contribution in [0.15, 0.2) is 18.5 Å². The van der Waals surface area contributed by atoms with Gasteiger partial charge < -0.3 is 5.11 Å². The summed E-state index contributed by atoms with van der Waals surface area (Å²) in [6.45, 7) is 4.07. The highest BCUT2D eigenvalue weighted by molar-refractivity contribution is 7.13. The fourth-order valence-electron chi connectivity index (χ4n) is 1.82. The molecule has 0 saturated heterocycles. The van der Waals surface area contributed by atoms with Gasteiger partial charge in [-0.25, -0.2) is 4.98 Å². The van der Waals surface area contributed by atoms with E-state index < -0.39 is 0 Å². The fraction of sp³-hybridized carbons (Fsp3) is 0.250. The number of benzene rings is 1. The molecular formula is C12H12N4OS. The standard InChI is InChI=1S/C12H12N4OS/c1-7-3-9-10(4-8(7)2)16(6-13-9)12-15-14-11(5-17)18-12/h3-4,6,17H,5H2,1-2H3. The second-order valence-electron chi connectivity index (χ2n) is 4.18. The van der Waals surface area contributed by atoms with E-state index in [9.17, 15) is 0 Å². The molecule has 5 nitrogen and oxygen atoms in total. The van der Waals surface area contributed by atoms with Crippen LogP contribution in [-0.2, 0) is 6.61 Å². The molecule has 6 heteroatoms. The summed E-state index contributed by atoms with van der Waals surface area (Å²) in [5, 5.41) is 18.3. The van der Waals surface area contributed by atoms with Crippen LogP contribution in [-0.4, -0.2) is 24.9 Å². The lowest BCUT2D eigenvalue weighted by Crippen LogP contribution is -1.91. The molecule has 1 aromatic carbocycles. The Morgan fingerprint density at radius 1 is 1.22 bits per heavy atom. The second-order valence-corrected chi connectivity index (χ2v) is 5.22. The van der Waals surface area contributed by atoms with Crippen molar-refractivity contribution in [2.45, 2.75) is 20.5 Å². The van der Waals surface area contributed by atoms with Crippen LogP contribution in [0.3, 0.4) is 0 Å². The Morgan fingerprint density at radius 3 is 2.72 bits per heavy atom. The summed E-state index contributed by atoms with van der Waals surface area (Å²) in [5.74, 6) is 0. The minimum Gasteiger partial charge on any atom is -0.389 e. The Labute approximate surface area is 108 Å². The van der Waals surface area contributed by atoms with Gasteiger partial charge >= 0.3 is 0 Å². The molecule has 3 rings (SSSR count). The first-order valence-corrected chi connectivity index (χ1v) is 6.38. The molecule has 0 atom stereocenters. The Balaban J connectivity index is 2.20. The lowest BCUT2D eigenvalue weighted by atomic mass is 10.1. The Hall–Kier alpha value is -1.79. The minimum absolute atomic E-state index is 0.0809. The van der Waals surface area contributed by atoms with Gasteiger partial charge in [0.05, 0.1) is 17.6 Å². The lowest BCUT2D eigenvalue weighted by Gasteiger charge is -2.01. The highest BCUT2D eigenvalue weighted by Crippen LogP contribution is 2.23. The quantitative estimate of drug-likeness (QED) is 0.765. The van der Waals surface area contributed by atoms with E-state index in [0.717, 1.165) is 16.2 Å². The average molecular weight is 260 g/mol. The van der Waals surface area contributed by atoms with E-state index in [1.807, 2.05) is 4.57 Å². The summed E-state index contributed by atoms with van der Waals surface area (Å²) in [6, 6.07) is 4.16. The van der Waals surface area contributed by atoms with Crippen LogP contribution < -0.4 is 0 Å². The van der Waals surface area contributed by atoms with E-state index >= 15 is 0 Å². The summed E-state index contributed by atoms with van der Waals surface area (Å²) in [4.78, 5) is 4.37. The number of hydrogen-bond acceptors (Lipinski definition) is 5. The van der Waals surface area contributed by atoms with Crippen LogP contribution in [0.2, 0.25) is 0 Å². The van der Waals surface area contributed by atoms with Crippen molar-refractivity contribution in [2.24, 2.45) is 0 Å². The van der Waals surface area contributed by atoms with Crippen LogP contribution in [0.1, 0.15) is 16.1 Å². The van der Waals surface area contributed by atoms with E-state index in [-0.39, 0.29) is 6.61 Å². The summed E-state index contributed by atoms with van der Waals surface area (Å²) in [7, 11) is 0. The number of aryl methyl sites for hydroxylation is 2. The SMILES string of the molecule is Cc1cc2ncn(-c3nnc(CO)s3)c2cc1C. The van der Waals surface area contributed by atoms with Crippen molar-refractivity contribution < 1.29 is 5.11 Å². The first-order chi connectivity index (χ1) is 8.69. The third-order valence-electron chi connectivity index (χ3n) is 2.96. The predicted molar refractivity (Wildman–Crippen MR) is 69.9 cm³/mol. The normalized spacial score (nSPS) is 11.3. The van der Waals surface area contributed by atoms with Crippen LogP contribution >= 0.6 is 11.3 Å². The van der Waals surface area contributed by atoms with E-state index in [2.05, 4.69) is 41.2 Å². The molecule has 1 N–H and O–H groups in total. The molecule has 0 radical (unpaired) electrons. The van der Waals surface area contributed by atoms with Gasteiger partial charge in [0, 0.05) is 0 Å². The minimum atomic E-state index is -0.0809. The van der Waals surface area contributed by atoms with Crippen molar-refractivity contribution in [3.05, 3.63) is 34.6 Å². The summed E-state index contributed by atoms with van der Waals surface area (Å²) >= 11 is 1.37. The van der Waals surface area contributed by atoms with Crippen molar-refractivity contribution >= 4 is 22.4 Å². The third-order valence-corrected chi connectivity index (χ3v) is 3.87. The van der Waals surface area contributed by atoms with E-state index in [1.54, 1.807) is 6.33 Å². The first kappa shape index (κ1) is 11.3. The molecule has 0 fully saturated rings. The highest BCUT2D eigenvalue weighted by atomic mass is 32.1. The molecule has 2 heterocycles. The molecule has 0 aliphatic rings. The number of aliphatic hydroxyl groups is 1. The monoisotopic (exact) mass is 260 g/mol. The second kappa shape index (κ2) is 4.15. The van der Waals surface area contributed by atoms with Gasteiger partial charge in [-0.15, -0.1) is 10.2 Å². The van der Waals surface area contributed by atoms with Gasteiger partial charge in [0.2, 0.25) is 5.13 Å². The number of aromatic nitrogens is 4. The lowest BCUT2D eigenvalue weighted by molar-refractivity contribution is 0.280. The number of fused-ring (bicyclic) bond motifs is 1. The zero-order valence-corrected chi connectivity index (χ0v) is 10.9. The van der Waals surface area contributed by atoms with Gasteiger partial charge in [0.25, 0.3) is 0 Å². The zero-order valence-electron chi connectivity index (χ0n) is 10.1. The van der Waals surface area contributed by atoms with Gasteiger partial charge in [-0.1, -0.05) is 11.3 Å². The van der Waals surface area contributed by atoms with Gasteiger partial charge in [0.1, 0.15) is 11.3 Å². The molecule has 0 saturated carbocycles. The Bertz CT molecular complexity index is 716. The molecular weight excluding hydrogens is 248 g/mol. The van der Waals surface area contributed by atoms with Crippen molar-refractivity contribution in [1.82, 2.24) is 19.7 Å². The van der Waals surface area contributed by atoms with Crippen molar-refractivity contribution in [2.75, 3.05) is 0 Å². The van der Waals surface area contributed by atoms with Gasteiger partial charge in [-0.05, 0) is 37.1 Å². The first-order valence-electron chi connectivity index (χ1n) is 5.57. The molecule has 3 aromatic rings. The summed E-state index contributed by atoms with van der Waals surface area (Å²) < 4.78 is 1.90.